The summed E-state index contributed by atoms with van der Waals surface area (Å²) < 4.78 is 5.84. The summed E-state index contributed by atoms with van der Waals surface area (Å²) in [5, 5.41) is 10.4. The van der Waals surface area contributed by atoms with Crippen molar-refractivity contribution >= 4 is 28.8 Å². The van der Waals surface area contributed by atoms with Crippen molar-refractivity contribution in [1.29, 1.82) is 0 Å². The van der Waals surface area contributed by atoms with Crippen LogP contribution in [0.25, 0.3) is 0 Å². The van der Waals surface area contributed by atoms with Crippen LogP contribution in [-0.2, 0) is 0 Å². The van der Waals surface area contributed by atoms with Crippen molar-refractivity contribution in [1.82, 2.24) is 15.5 Å². The van der Waals surface area contributed by atoms with Gasteiger partial charge in [-0.05, 0) is 50.1 Å². The van der Waals surface area contributed by atoms with Crippen LogP contribution in [-0.4, -0.2) is 22.2 Å². The number of rotatable bonds is 5. The maximum Gasteiger partial charge on any atom is 0.282 e. The van der Waals surface area contributed by atoms with Crippen LogP contribution in [0.3, 0.4) is 0 Å². The van der Waals surface area contributed by atoms with Gasteiger partial charge in [0.05, 0.1) is 12.1 Å². The molecule has 1 heterocycles. The Kier molecular flexibility index (Phi) is 5.14. The van der Waals surface area contributed by atoms with E-state index < -0.39 is 0 Å². The minimum Gasteiger partial charge on any atom is -0.491 e. The minimum absolute atomic E-state index is 0.134. The van der Waals surface area contributed by atoms with Gasteiger partial charge in [-0.15, -0.1) is 10.2 Å². The van der Waals surface area contributed by atoms with Crippen molar-refractivity contribution < 1.29 is 9.53 Å². The lowest BCUT2D eigenvalue weighted by molar-refractivity contribution is 0.0939. The number of carbonyl (C=O) groups excluding carboxylic acids is 1. The second kappa shape index (κ2) is 6.87. The first-order valence-electron chi connectivity index (χ1n) is 6.52. The van der Waals surface area contributed by atoms with Gasteiger partial charge in [-0.25, -0.2) is 0 Å². The molecule has 7 heteroatoms. The molecule has 1 aromatic heterocycles. The molecule has 0 bridgehead atoms. The fraction of sp³-hybridized carbons (Fsp3) is 0.357. The van der Waals surface area contributed by atoms with E-state index in [-0.39, 0.29) is 27.5 Å². The molecule has 112 valence electrons. The first-order valence-corrected chi connectivity index (χ1v) is 7.71. The lowest BCUT2D eigenvalue weighted by Gasteiger charge is -2.15. The molecule has 1 amide bonds. The van der Waals surface area contributed by atoms with Gasteiger partial charge in [0, 0.05) is 0 Å². The number of hydrogen-bond acceptors (Lipinski definition) is 5. The Morgan fingerprint density at radius 2 is 1.90 bits per heavy atom. The predicted octanol–water partition coefficient (Wildman–Crippen LogP) is 3.47. The van der Waals surface area contributed by atoms with E-state index in [1.165, 1.54) is 0 Å². The fourth-order valence-corrected chi connectivity index (χ4v) is 2.48. The summed E-state index contributed by atoms with van der Waals surface area (Å²) in [4.78, 5) is 12.0. The van der Waals surface area contributed by atoms with Crippen LogP contribution >= 0.6 is 22.9 Å². The van der Waals surface area contributed by atoms with Crippen molar-refractivity contribution in [3.05, 3.63) is 39.3 Å². The lowest BCUT2D eigenvalue weighted by atomic mass is 10.1. The summed E-state index contributed by atoms with van der Waals surface area (Å²) in [7, 11) is 0. The van der Waals surface area contributed by atoms with Gasteiger partial charge >= 0.3 is 0 Å². The first kappa shape index (κ1) is 15.7. The molecule has 0 saturated heterocycles. The van der Waals surface area contributed by atoms with Gasteiger partial charge < -0.3 is 10.1 Å². The molecule has 0 spiro atoms. The van der Waals surface area contributed by atoms with Crippen molar-refractivity contribution in [3.8, 4) is 5.75 Å². The number of halogens is 1. The summed E-state index contributed by atoms with van der Waals surface area (Å²) in [5.74, 6) is 0.526. The van der Waals surface area contributed by atoms with Crippen LogP contribution in [0.1, 0.15) is 42.2 Å². The number of amides is 1. The molecular formula is C14H16ClN3O2S. The molecule has 0 fully saturated rings. The molecule has 0 aliphatic heterocycles. The number of aromatic nitrogens is 2. The van der Waals surface area contributed by atoms with Crippen molar-refractivity contribution in [2.75, 3.05) is 0 Å². The Morgan fingerprint density at radius 3 is 2.43 bits per heavy atom. The second-order valence-electron chi connectivity index (χ2n) is 4.79. The molecule has 2 rings (SSSR count). The minimum atomic E-state index is -0.283. The van der Waals surface area contributed by atoms with E-state index in [0.717, 1.165) is 22.6 Å². The molecule has 0 aliphatic carbocycles. The lowest BCUT2D eigenvalue weighted by Crippen LogP contribution is -2.26. The van der Waals surface area contributed by atoms with E-state index >= 15 is 0 Å². The number of hydrogen-bond donors (Lipinski definition) is 1. The van der Waals surface area contributed by atoms with E-state index in [4.69, 9.17) is 16.3 Å². The van der Waals surface area contributed by atoms with Gasteiger partial charge in [0.2, 0.25) is 9.47 Å². The van der Waals surface area contributed by atoms with Crippen LogP contribution in [0, 0.1) is 0 Å². The summed E-state index contributed by atoms with van der Waals surface area (Å²) in [6, 6.07) is 7.48. The van der Waals surface area contributed by atoms with Gasteiger partial charge in [0.25, 0.3) is 5.91 Å². The standard InChI is InChI=1S/C14H16ClN3O2S/c1-8(2)20-11-6-4-10(5-7-11)9(3)16-12(19)13-17-18-14(15)21-13/h4-9H,1-3H3,(H,16,19). The maximum absolute atomic E-state index is 12.0. The fourth-order valence-electron chi connectivity index (χ4n) is 1.75. The van der Waals surface area contributed by atoms with E-state index in [9.17, 15) is 4.79 Å². The Balaban J connectivity index is 1.99. The largest absolute Gasteiger partial charge is 0.491 e. The molecule has 2 aromatic rings. The van der Waals surface area contributed by atoms with E-state index in [1.54, 1.807) is 0 Å². The first-order chi connectivity index (χ1) is 9.95. The van der Waals surface area contributed by atoms with Crippen LogP contribution in [0.15, 0.2) is 24.3 Å². The molecule has 0 saturated carbocycles. The SMILES string of the molecule is CC(C)Oc1ccc(C(C)NC(=O)c2nnc(Cl)s2)cc1. The third kappa shape index (κ3) is 4.41. The average Bonchev–Trinajstić information content (AvgIpc) is 2.85. The predicted molar refractivity (Wildman–Crippen MR) is 83.0 cm³/mol. The van der Waals surface area contributed by atoms with Crippen LogP contribution in [0.4, 0.5) is 0 Å². The quantitative estimate of drug-likeness (QED) is 0.914. The van der Waals surface area contributed by atoms with Gasteiger partial charge in [-0.2, -0.15) is 0 Å². The zero-order chi connectivity index (χ0) is 15.4. The molecular weight excluding hydrogens is 310 g/mol. The second-order valence-corrected chi connectivity index (χ2v) is 6.35. The van der Waals surface area contributed by atoms with Gasteiger partial charge in [-0.3, -0.25) is 4.79 Å². The van der Waals surface area contributed by atoms with E-state index in [0.29, 0.717) is 0 Å². The third-order valence-electron chi connectivity index (χ3n) is 2.69. The number of benzene rings is 1. The zero-order valence-electron chi connectivity index (χ0n) is 12.0. The Labute approximate surface area is 132 Å². The highest BCUT2D eigenvalue weighted by molar-refractivity contribution is 7.17. The Hall–Kier alpha value is -1.66. The highest BCUT2D eigenvalue weighted by atomic mass is 35.5. The number of nitrogens with one attached hydrogen (secondary N) is 1. The molecule has 5 nitrogen and oxygen atoms in total. The number of carbonyl (C=O) groups is 1. The van der Waals surface area contributed by atoms with Crippen molar-refractivity contribution in [2.24, 2.45) is 0 Å². The summed E-state index contributed by atoms with van der Waals surface area (Å²) >= 11 is 6.72. The molecule has 1 N–H and O–H groups in total. The molecule has 0 aliphatic rings. The Morgan fingerprint density at radius 1 is 1.24 bits per heavy atom. The Bertz CT molecular complexity index is 613. The summed E-state index contributed by atoms with van der Waals surface area (Å²) in [6.45, 7) is 5.85. The zero-order valence-corrected chi connectivity index (χ0v) is 13.5. The number of nitrogens with zero attached hydrogens (tertiary/aromatic N) is 2. The monoisotopic (exact) mass is 325 g/mol. The highest BCUT2D eigenvalue weighted by Crippen LogP contribution is 2.20. The topological polar surface area (TPSA) is 64.1 Å². The summed E-state index contributed by atoms with van der Waals surface area (Å²) in [5.41, 5.74) is 0.982. The molecule has 1 aromatic carbocycles. The highest BCUT2D eigenvalue weighted by Gasteiger charge is 2.15. The third-order valence-corrected chi connectivity index (χ3v) is 3.71. The van der Waals surface area contributed by atoms with Crippen LogP contribution in [0.2, 0.25) is 4.47 Å². The molecule has 1 atom stereocenters. The van der Waals surface area contributed by atoms with E-state index in [1.807, 2.05) is 45.0 Å². The molecule has 1 unspecified atom stereocenters. The van der Waals surface area contributed by atoms with Gasteiger partial charge in [0.15, 0.2) is 0 Å². The summed E-state index contributed by atoms with van der Waals surface area (Å²) in [6.07, 6.45) is 0.134. The maximum atomic E-state index is 12.0. The normalized spacial score (nSPS) is 12.2. The van der Waals surface area contributed by atoms with E-state index in [2.05, 4.69) is 15.5 Å². The molecule has 21 heavy (non-hydrogen) atoms. The smallest absolute Gasteiger partial charge is 0.282 e. The number of ether oxygens (including phenoxy) is 1. The van der Waals surface area contributed by atoms with Crippen molar-refractivity contribution in [3.63, 3.8) is 0 Å². The van der Waals surface area contributed by atoms with Gasteiger partial charge in [0.1, 0.15) is 5.75 Å². The van der Waals surface area contributed by atoms with Crippen molar-refractivity contribution in [2.45, 2.75) is 32.9 Å². The average molecular weight is 326 g/mol. The van der Waals surface area contributed by atoms with Crippen LogP contribution in [0.5, 0.6) is 5.75 Å². The molecule has 0 radical (unpaired) electrons. The van der Waals surface area contributed by atoms with Crippen LogP contribution < -0.4 is 10.1 Å². The van der Waals surface area contributed by atoms with Gasteiger partial charge in [-0.1, -0.05) is 23.5 Å².